The highest BCUT2D eigenvalue weighted by atomic mass is 16.3. The Labute approximate surface area is 85.1 Å². The normalized spacial score (nSPS) is 13.5. The monoisotopic (exact) mass is 197 g/mol. The molecule has 14 heavy (non-hydrogen) atoms. The van der Waals surface area contributed by atoms with E-state index in [9.17, 15) is 5.11 Å². The van der Waals surface area contributed by atoms with Crippen molar-refractivity contribution in [2.45, 2.75) is 18.9 Å². The van der Waals surface area contributed by atoms with Crippen LogP contribution >= 0.6 is 0 Å². The number of aryl methyl sites for hydroxylation is 1. The number of nitrogens with zero attached hydrogens (tertiary/aromatic N) is 3. The molecule has 1 heterocycles. The van der Waals surface area contributed by atoms with Crippen LogP contribution in [0.15, 0.2) is 12.4 Å². The Morgan fingerprint density at radius 1 is 1.57 bits per heavy atom. The quantitative estimate of drug-likeness (QED) is 0.737. The van der Waals surface area contributed by atoms with Gasteiger partial charge in [-0.2, -0.15) is 5.10 Å². The van der Waals surface area contributed by atoms with Crippen LogP contribution in [-0.4, -0.2) is 46.5 Å². The summed E-state index contributed by atoms with van der Waals surface area (Å²) in [7, 11) is 5.91. The summed E-state index contributed by atoms with van der Waals surface area (Å²) in [6.45, 7) is 0.918. The van der Waals surface area contributed by atoms with E-state index in [1.54, 1.807) is 10.9 Å². The van der Waals surface area contributed by atoms with Gasteiger partial charge in [-0.15, -0.1) is 0 Å². The second-order valence-electron chi connectivity index (χ2n) is 3.97. The average molecular weight is 197 g/mol. The maximum atomic E-state index is 9.70. The fraction of sp³-hybridized carbons (Fsp3) is 0.700. The third-order valence-electron chi connectivity index (χ3n) is 2.14. The van der Waals surface area contributed by atoms with Gasteiger partial charge in [0, 0.05) is 19.7 Å². The number of aliphatic hydroxyl groups excluding tert-OH is 1. The van der Waals surface area contributed by atoms with Gasteiger partial charge in [-0.05, 0) is 32.6 Å². The molecule has 1 N–H and O–H groups in total. The van der Waals surface area contributed by atoms with Crippen molar-refractivity contribution in [1.29, 1.82) is 0 Å². The fourth-order valence-electron chi connectivity index (χ4n) is 1.36. The van der Waals surface area contributed by atoms with Crippen LogP contribution in [0.3, 0.4) is 0 Å². The number of rotatable bonds is 5. The van der Waals surface area contributed by atoms with Gasteiger partial charge >= 0.3 is 0 Å². The van der Waals surface area contributed by atoms with Gasteiger partial charge in [0.05, 0.1) is 12.3 Å². The van der Waals surface area contributed by atoms with Gasteiger partial charge in [-0.25, -0.2) is 0 Å². The van der Waals surface area contributed by atoms with Crippen LogP contribution in [0.1, 0.15) is 12.0 Å². The lowest BCUT2D eigenvalue weighted by atomic mass is 10.1. The molecule has 0 aliphatic heterocycles. The summed E-state index contributed by atoms with van der Waals surface area (Å²) < 4.78 is 1.76. The second-order valence-corrected chi connectivity index (χ2v) is 3.97. The van der Waals surface area contributed by atoms with Crippen molar-refractivity contribution in [2.24, 2.45) is 7.05 Å². The van der Waals surface area contributed by atoms with Gasteiger partial charge in [0.1, 0.15) is 0 Å². The molecule has 1 unspecified atom stereocenters. The number of hydrogen-bond acceptors (Lipinski definition) is 3. The number of hydrogen-bond donors (Lipinski definition) is 1. The molecule has 0 spiro atoms. The Hall–Kier alpha value is -0.870. The molecule has 1 rings (SSSR count). The molecule has 1 aromatic heterocycles. The molecule has 0 amide bonds. The van der Waals surface area contributed by atoms with Crippen LogP contribution < -0.4 is 0 Å². The van der Waals surface area contributed by atoms with Crippen molar-refractivity contribution in [3.8, 4) is 0 Å². The zero-order valence-corrected chi connectivity index (χ0v) is 9.14. The molecule has 0 fully saturated rings. The van der Waals surface area contributed by atoms with Crippen molar-refractivity contribution in [3.63, 3.8) is 0 Å². The van der Waals surface area contributed by atoms with Crippen LogP contribution in [-0.2, 0) is 13.5 Å². The van der Waals surface area contributed by atoms with Gasteiger partial charge in [0.25, 0.3) is 0 Å². The summed E-state index contributed by atoms with van der Waals surface area (Å²) in [4.78, 5) is 2.08. The zero-order chi connectivity index (χ0) is 10.6. The third kappa shape index (κ3) is 3.89. The van der Waals surface area contributed by atoms with Crippen molar-refractivity contribution in [1.82, 2.24) is 14.7 Å². The third-order valence-corrected chi connectivity index (χ3v) is 2.14. The number of aromatic nitrogens is 2. The summed E-state index contributed by atoms with van der Waals surface area (Å²) in [6, 6.07) is 0. The Balaban J connectivity index is 2.30. The maximum absolute atomic E-state index is 9.70. The van der Waals surface area contributed by atoms with E-state index < -0.39 is 0 Å². The lowest BCUT2D eigenvalue weighted by Crippen LogP contribution is -2.20. The molecule has 0 bridgehead atoms. The fourth-order valence-corrected chi connectivity index (χ4v) is 1.36. The van der Waals surface area contributed by atoms with Crippen molar-refractivity contribution in [3.05, 3.63) is 18.0 Å². The SMILES string of the molecule is CN(C)CCC(O)Cc1cnn(C)c1. The minimum Gasteiger partial charge on any atom is -0.393 e. The van der Waals surface area contributed by atoms with Crippen LogP contribution in [0.2, 0.25) is 0 Å². The maximum Gasteiger partial charge on any atom is 0.0593 e. The molecule has 0 aromatic carbocycles. The van der Waals surface area contributed by atoms with Crippen LogP contribution in [0.4, 0.5) is 0 Å². The van der Waals surface area contributed by atoms with Gasteiger partial charge in [0.15, 0.2) is 0 Å². The Bertz CT molecular complexity index is 270. The van der Waals surface area contributed by atoms with Crippen LogP contribution in [0, 0.1) is 0 Å². The molecule has 0 saturated carbocycles. The van der Waals surface area contributed by atoms with Crippen LogP contribution in [0.5, 0.6) is 0 Å². The molecule has 1 aromatic rings. The Morgan fingerprint density at radius 3 is 2.79 bits per heavy atom. The standard InChI is InChI=1S/C10H19N3O/c1-12(2)5-4-10(14)6-9-7-11-13(3)8-9/h7-8,10,14H,4-6H2,1-3H3. The molecule has 0 aliphatic rings. The average Bonchev–Trinajstić information content (AvgIpc) is 2.48. The van der Waals surface area contributed by atoms with E-state index in [0.717, 1.165) is 18.5 Å². The largest absolute Gasteiger partial charge is 0.393 e. The van der Waals surface area contributed by atoms with E-state index >= 15 is 0 Å². The molecule has 4 nitrogen and oxygen atoms in total. The highest BCUT2D eigenvalue weighted by molar-refractivity contribution is 5.04. The van der Waals surface area contributed by atoms with E-state index in [4.69, 9.17) is 0 Å². The predicted molar refractivity (Wildman–Crippen MR) is 56.1 cm³/mol. The van der Waals surface area contributed by atoms with Gasteiger partial charge in [0.2, 0.25) is 0 Å². The molecular formula is C10H19N3O. The molecular weight excluding hydrogens is 178 g/mol. The zero-order valence-electron chi connectivity index (χ0n) is 9.14. The van der Waals surface area contributed by atoms with Crippen molar-refractivity contribution < 1.29 is 5.11 Å². The van der Waals surface area contributed by atoms with Crippen LogP contribution in [0.25, 0.3) is 0 Å². The van der Waals surface area contributed by atoms with Crippen molar-refractivity contribution >= 4 is 0 Å². The minimum absolute atomic E-state index is 0.262. The molecule has 4 heteroatoms. The Morgan fingerprint density at radius 2 is 2.29 bits per heavy atom. The van der Waals surface area contributed by atoms with E-state index in [-0.39, 0.29) is 6.10 Å². The molecule has 0 saturated heterocycles. The van der Waals surface area contributed by atoms with E-state index in [1.165, 1.54) is 0 Å². The molecule has 80 valence electrons. The summed E-state index contributed by atoms with van der Waals surface area (Å²) in [6.07, 6.45) is 4.99. The topological polar surface area (TPSA) is 41.3 Å². The lowest BCUT2D eigenvalue weighted by Gasteiger charge is -2.13. The highest BCUT2D eigenvalue weighted by Crippen LogP contribution is 2.04. The predicted octanol–water partition coefficient (Wildman–Crippen LogP) is 0.275. The molecule has 1 atom stereocenters. The first kappa shape index (κ1) is 11.2. The molecule has 0 radical (unpaired) electrons. The summed E-state index contributed by atoms with van der Waals surface area (Å²) in [5.74, 6) is 0. The first-order valence-corrected chi connectivity index (χ1v) is 4.88. The van der Waals surface area contributed by atoms with Gasteiger partial charge in [-0.3, -0.25) is 4.68 Å². The first-order valence-electron chi connectivity index (χ1n) is 4.88. The van der Waals surface area contributed by atoms with E-state index in [0.29, 0.717) is 6.42 Å². The molecule has 0 aliphatic carbocycles. The smallest absolute Gasteiger partial charge is 0.0593 e. The highest BCUT2D eigenvalue weighted by Gasteiger charge is 2.07. The van der Waals surface area contributed by atoms with Crippen molar-refractivity contribution in [2.75, 3.05) is 20.6 Å². The van der Waals surface area contributed by atoms with Gasteiger partial charge in [-0.1, -0.05) is 0 Å². The summed E-state index contributed by atoms with van der Waals surface area (Å²) in [5.41, 5.74) is 1.10. The van der Waals surface area contributed by atoms with E-state index in [2.05, 4.69) is 10.00 Å². The summed E-state index contributed by atoms with van der Waals surface area (Å²) >= 11 is 0. The van der Waals surface area contributed by atoms with Gasteiger partial charge < -0.3 is 10.0 Å². The Kier molecular flexibility index (Phi) is 4.10. The minimum atomic E-state index is -0.262. The first-order chi connectivity index (χ1) is 6.58. The summed E-state index contributed by atoms with van der Waals surface area (Å²) in [5, 5.41) is 13.8. The lowest BCUT2D eigenvalue weighted by molar-refractivity contribution is 0.152. The second kappa shape index (κ2) is 5.12. The van der Waals surface area contributed by atoms with E-state index in [1.807, 2.05) is 27.3 Å². The number of aliphatic hydroxyl groups is 1.